The predicted octanol–water partition coefficient (Wildman–Crippen LogP) is 1.19. The highest BCUT2D eigenvalue weighted by Gasteiger charge is 2.33. The van der Waals surface area contributed by atoms with Gasteiger partial charge in [0.05, 0.1) is 18.6 Å². The Hall–Kier alpha value is -2.10. The van der Waals surface area contributed by atoms with Gasteiger partial charge in [0.1, 0.15) is 5.75 Å². The molecule has 1 aromatic rings. The Kier molecular flexibility index (Phi) is 5.90. The largest absolute Gasteiger partial charge is 0.484 e. The number of aliphatic hydroxyl groups is 1. The van der Waals surface area contributed by atoms with E-state index >= 15 is 0 Å². The first kappa shape index (κ1) is 17.7. The number of nitriles is 1. The molecule has 1 saturated carbocycles. The van der Waals surface area contributed by atoms with Gasteiger partial charge in [-0.15, -0.1) is 0 Å². The zero-order valence-corrected chi connectivity index (χ0v) is 14.4. The molecule has 1 amide bonds. The van der Waals surface area contributed by atoms with E-state index in [-0.39, 0.29) is 24.7 Å². The van der Waals surface area contributed by atoms with E-state index in [1.165, 1.54) is 0 Å². The van der Waals surface area contributed by atoms with Crippen molar-refractivity contribution in [1.82, 2.24) is 9.80 Å². The van der Waals surface area contributed by atoms with Crippen molar-refractivity contribution >= 4 is 5.91 Å². The van der Waals surface area contributed by atoms with Gasteiger partial charge >= 0.3 is 0 Å². The summed E-state index contributed by atoms with van der Waals surface area (Å²) in [4.78, 5) is 16.5. The van der Waals surface area contributed by atoms with Crippen molar-refractivity contribution in [2.24, 2.45) is 0 Å². The Labute approximate surface area is 148 Å². The lowest BCUT2D eigenvalue weighted by Crippen LogP contribution is -2.54. The third kappa shape index (κ3) is 4.50. The van der Waals surface area contributed by atoms with Crippen molar-refractivity contribution in [2.75, 3.05) is 32.8 Å². The molecule has 134 valence electrons. The van der Waals surface area contributed by atoms with Gasteiger partial charge in [0.2, 0.25) is 0 Å². The van der Waals surface area contributed by atoms with Crippen molar-refractivity contribution in [3.05, 3.63) is 29.8 Å². The van der Waals surface area contributed by atoms with Crippen LogP contribution in [-0.2, 0) is 11.2 Å². The van der Waals surface area contributed by atoms with Crippen LogP contribution in [0.5, 0.6) is 5.75 Å². The number of rotatable bonds is 5. The van der Waals surface area contributed by atoms with Crippen LogP contribution in [0.15, 0.2) is 24.3 Å². The quantitative estimate of drug-likeness (QED) is 0.869. The maximum absolute atomic E-state index is 12.3. The molecule has 6 heteroatoms. The maximum Gasteiger partial charge on any atom is 0.260 e. The second-order valence-electron chi connectivity index (χ2n) is 6.75. The predicted molar refractivity (Wildman–Crippen MR) is 93.1 cm³/mol. The summed E-state index contributed by atoms with van der Waals surface area (Å²) in [6, 6.07) is 9.63. The Morgan fingerprint density at radius 3 is 2.52 bits per heavy atom. The van der Waals surface area contributed by atoms with Gasteiger partial charge in [-0.1, -0.05) is 12.1 Å². The number of hydrogen-bond acceptors (Lipinski definition) is 5. The Morgan fingerprint density at radius 1 is 1.20 bits per heavy atom. The van der Waals surface area contributed by atoms with E-state index in [2.05, 4.69) is 11.0 Å². The van der Waals surface area contributed by atoms with Crippen LogP contribution in [0, 0.1) is 11.3 Å². The molecular weight excluding hydrogens is 318 g/mol. The number of amides is 1. The zero-order chi connectivity index (χ0) is 17.6. The summed E-state index contributed by atoms with van der Waals surface area (Å²) in [5, 5.41) is 18.7. The lowest BCUT2D eigenvalue weighted by atomic mass is 10.1. The average Bonchev–Trinajstić information content (AvgIpc) is 3.07. The fourth-order valence-electron chi connectivity index (χ4n) is 3.68. The molecular formula is C19H25N3O3. The second-order valence-corrected chi connectivity index (χ2v) is 6.75. The van der Waals surface area contributed by atoms with Crippen LogP contribution >= 0.6 is 0 Å². The topological polar surface area (TPSA) is 76.8 Å². The van der Waals surface area contributed by atoms with Crippen molar-refractivity contribution in [1.29, 1.82) is 5.26 Å². The maximum atomic E-state index is 12.3. The minimum absolute atomic E-state index is 0.00674. The number of piperazine rings is 1. The second kappa shape index (κ2) is 8.32. The van der Waals surface area contributed by atoms with E-state index in [0.717, 1.165) is 37.9 Å². The lowest BCUT2D eigenvalue weighted by Gasteiger charge is -2.39. The fraction of sp³-hybridized carbons (Fsp3) is 0.579. The van der Waals surface area contributed by atoms with Crippen molar-refractivity contribution in [3.8, 4) is 11.8 Å². The summed E-state index contributed by atoms with van der Waals surface area (Å²) in [5.41, 5.74) is 0.936. The van der Waals surface area contributed by atoms with Gasteiger partial charge in [-0.3, -0.25) is 9.69 Å². The zero-order valence-electron chi connectivity index (χ0n) is 14.4. The van der Waals surface area contributed by atoms with Gasteiger partial charge in [-0.2, -0.15) is 5.26 Å². The van der Waals surface area contributed by atoms with Crippen molar-refractivity contribution in [3.63, 3.8) is 0 Å². The summed E-state index contributed by atoms with van der Waals surface area (Å²) < 4.78 is 5.57. The first-order valence-electron chi connectivity index (χ1n) is 8.96. The van der Waals surface area contributed by atoms with E-state index in [0.29, 0.717) is 25.3 Å². The molecule has 3 rings (SSSR count). The van der Waals surface area contributed by atoms with E-state index in [9.17, 15) is 9.90 Å². The number of ether oxygens (including phenoxy) is 1. The molecule has 25 heavy (non-hydrogen) atoms. The molecule has 2 aliphatic rings. The molecule has 2 fully saturated rings. The smallest absolute Gasteiger partial charge is 0.260 e. The summed E-state index contributed by atoms with van der Waals surface area (Å²) in [6.45, 7) is 3.04. The van der Waals surface area contributed by atoms with Gasteiger partial charge in [-0.25, -0.2) is 0 Å². The van der Waals surface area contributed by atoms with Crippen LogP contribution < -0.4 is 4.74 Å². The highest BCUT2D eigenvalue weighted by Crippen LogP contribution is 2.25. The molecule has 0 spiro atoms. The van der Waals surface area contributed by atoms with Crippen LogP contribution in [0.2, 0.25) is 0 Å². The van der Waals surface area contributed by atoms with Crippen LogP contribution in [0.25, 0.3) is 0 Å². The number of aliphatic hydroxyl groups excluding tert-OH is 1. The van der Waals surface area contributed by atoms with Crippen LogP contribution in [0.1, 0.15) is 24.8 Å². The van der Waals surface area contributed by atoms with E-state index < -0.39 is 0 Å². The fourth-order valence-corrected chi connectivity index (χ4v) is 3.68. The minimum atomic E-state index is -0.213. The molecule has 0 bridgehead atoms. The highest BCUT2D eigenvalue weighted by atomic mass is 16.5. The van der Waals surface area contributed by atoms with Crippen LogP contribution in [0.3, 0.4) is 0 Å². The van der Waals surface area contributed by atoms with Gasteiger partial charge in [0.15, 0.2) is 6.61 Å². The molecule has 0 aromatic heterocycles. The summed E-state index contributed by atoms with van der Waals surface area (Å²) in [5.74, 6) is 0.635. The van der Waals surface area contributed by atoms with Crippen LogP contribution in [-0.4, -0.2) is 65.7 Å². The van der Waals surface area contributed by atoms with Gasteiger partial charge in [0, 0.05) is 32.2 Å². The van der Waals surface area contributed by atoms with E-state index in [1.54, 1.807) is 12.1 Å². The Morgan fingerprint density at radius 2 is 1.92 bits per heavy atom. The number of nitrogens with zero attached hydrogens (tertiary/aromatic N) is 3. The molecule has 1 saturated heterocycles. The van der Waals surface area contributed by atoms with E-state index in [4.69, 9.17) is 10.00 Å². The van der Waals surface area contributed by atoms with Crippen molar-refractivity contribution < 1.29 is 14.6 Å². The first-order chi connectivity index (χ1) is 12.2. The standard InChI is InChI=1S/C19H25N3O3/c20-9-8-15-4-6-16(7-5-15)25-14-19(24)22-12-10-21(11-13-22)17-2-1-3-18(17)23/h4-7,17-18,23H,1-3,8,10-14H2/t17-,18+/m1/s1. The summed E-state index contributed by atoms with van der Waals surface area (Å²) in [7, 11) is 0. The molecule has 1 aliphatic heterocycles. The van der Waals surface area contributed by atoms with Crippen LogP contribution in [0.4, 0.5) is 0 Å². The Balaban J connectivity index is 1.42. The molecule has 0 radical (unpaired) electrons. The van der Waals surface area contributed by atoms with Gasteiger partial charge in [-0.05, 0) is 37.0 Å². The Bertz CT molecular complexity index is 618. The summed E-state index contributed by atoms with van der Waals surface area (Å²) in [6.07, 6.45) is 3.20. The highest BCUT2D eigenvalue weighted by molar-refractivity contribution is 5.77. The molecule has 0 unspecified atom stereocenters. The third-order valence-electron chi connectivity index (χ3n) is 5.15. The SMILES string of the molecule is N#CCc1ccc(OCC(=O)N2CCN([C@@H]3CCC[C@@H]3O)CC2)cc1. The number of carbonyl (C=O) groups is 1. The molecule has 1 aliphatic carbocycles. The summed E-state index contributed by atoms with van der Waals surface area (Å²) >= 11 is 0. The molecule has 1 heterocycles. The third-order valence-corrected chi connectivity index (χ3v) is 5.15. The molecule has 1 aromatic carbocycles. The van der Waals surface area contributed by atoms with Gasteiger partial charge in [0.25, 0.3) is 5.91 Å². The lowest BCUT2D eigenvalue weighted by molar-refractivity contribution is -0.135. The van der Waals surface area contributed by atoms with Gasteiger partial charge < -0.3 is 14.7 Å². The average molecular weight is 343 g/mol. The molecule has 2 atom stereocenters. The van der Waals surface area contributed by atoms with Crippen molar-refractivity contribution in [2.45, 2.75) is 37.8 Å². The van der Waals surface area contributed by atoms with E-state index in [1.807, 2.05) is 17.0 Å². The molecule has 1 N–H and O–H groups in total. The molecule has 6 nitrogen and oxygen atoms in total. The first-order valence-corrected chi connectivity index (χ1v) is 8.96. The normalized spacial score (nSPS) is 24.1. The number of carbonyl (C=O) groups excluding carboxylic acids is 1. The number of benzene rings is 1. The number of hydrogen-bond donors (Lipinski definition) is 1. The monoisotopic (exact) mass is 343 g/mol. The minimum Gasteiger partial charge on any atom is -0.484 e.